The molecule has 0 amide bonds. The second kappa shape index (κ2) is 4.17. The molecule has 2 aromatic rings. The monoisotopic (exact) mass is 240 g/mol. The highest BCUT2D eigenvalue weighted by atomic mass is 32.1. The van der Waals surface area contributed by atoms with Crippen LogP contribution in [-0.4, -0.2) is 12.0 Å². The maximum absolute atomic E-state index is 13.5. The van der Waals surface area contributed by atoms with Crippen molar-refractivity contribution in [1.82, 2.24) is 4.98 Å². The Hall–Kier alpha value is -1.49. The number of halogens is 2. The van der Waals surface area contributed by atoms with Gasteiger partial charge in [-0.05, 0) is 19.1 Å². The van der Waals surface area contributed by atoms with Gasteiger partial charge in [0.05, 0.1) is 5.69 Å². The molecular formula is C11H10F2N2S. The summed E-state index contributed by atoms with van der Waals surface area (Å²) in [6, 6.07) is 3.50. The van der Waals surface area contributed by atoms with Gasteiger partial charge in [-0.25, -0.2) is 13.8 Å². The van der Waals surface area contributed by atoms with Gasteiger partial charge in [-0.1, -0.05) is 11.3 Å². The Balaban J connectivity index is 2.50. The van der Waals surface area contributed by atoms with Gasteiger partial charge in [-0.2, -0.15) is 0 Å². The second-order valence-electron chi connectivity index (χ2n) is 3.31. The summed E-state index contributed by atoms with van der Waals surface area (Å²) < 4.78 is 26.2. The number of aromatic nitrogens is 1. The van der Waals surface area contributed by atoms with Crippen LogP contribution in [0.15, 0.2) is 18.2 Å². The fourth-order valence-electron chi connectivity index (χ4n) is 1.41. The highest BCUT2D eigenvalue weighted by Crippen LogP contribution is 2.32. The second-order valence-corrected chi connectivity index (χ2v) is 4.31. The number of rotatable bonds is 2. The Morgan fingerprint density at radius 2 is 2.06 bits per heavy atom. The van der Waals surface area contributed by atoms with Crippen LogP contribution in [0.2, 0.25) is 0 Å². The number of nitrogens with one attached hydrogen (secondary N) is 1. The molecule has 84 valence electrons. The average molecular weight is 240 g/mol. The van der Waals surface area contributed by atoms with Crippen molar-refractivity contribution >= 4 is 16.3 Å². The molecule has 1 N–H and O–H groups in total. The smallest absolute Gasteiger partial charge is 0.136 e. The molecule has 2 nitrogen and oxygen atoms in total. The van der Waals surface area contributed by atoms with Gasteiger partial charge in [0.1, 0.15) is 21.6 Å². The first-order valence-corrected chi connectivity index (χ1v) is 5.54. The van der Waals surface area contributed by atoms with Gasteiger partial charge in [0.15, 0.2) is 0 Å². The zero-order valence-electron chi connectivity index (χ0n) is 8.84. The molecule has 0 radical (unpaired) electrons. The summed E-state index contributed by atoms with van der Waals surface area (Å²) in [7, 11) is 1.78. The lowest BCUT2D eigenvalue weighted by Crippen LogP contribution is -1.86. The summed E-state index contributed by atoms with van der Waals surface area (Å²) >= 11 is 1.35. The van der Waals surface area contributed by atoms with Crippen molar-refractivity contribution in [2.24, 2.45) is 0 Å². The molecule has 1 aromatic heterocycles. The zero-order valence-corrected chi connectivity index (χ0v) is 9.66. The van der Waals surface area contributed by atoms with E-state index in [4.69, 9.17) is 0 Å². The maximum Gasteiger partial charge on any atom is 0.136 e. The summed E-state index contributed by atoms with van der Waals surface area (Å²) in [5.41, 5.74) is 1.14. The van der Waals surface area contributed by atoms with E-state index in [0.29, 0.717) is 10.6 Å². The lowest BCUT2D eigenvalue weighted by atomic mass is 10.2. The fourth-order valence-corrected chi connectivity index (χ4v) is 2.35. The molecule has 0 unspecified atom stereocenters. The minimum atomic E-state index is -0.587. The molecule has 0 spiro atoms. The van der Waals surface area contributed by atoms with Gasteiger partial charge >= 0.3 is 0 Å². The molecule has 5 heteroatoms. The van der Waals surface area contributed by atoms with Crippen LogP contribution in [0.1, 0.15) is 5.69 Å². The van der Waals surface area contributed by atoms with Crippen LogP contribution in [-0.2, 0) is 0 Å². The maximum atomic E-state index is 13.5. The lowest BCUT2D eigenvalue weighted by Gasteiger charge is -1.98. The van der Waals surface area contributed by atoms with Gasteiger partial charge in [0, 0.05) is 18.7 Å². The molecule has 0 aliphatic rings. The Labute approximate surface area is 96.0 Å². The standard InChI is InChI=1S/C11H10F2N2S/c1-6-10(14-2)16-11(15-6)8-4-3-7(12)5-9(8)13/h3-5,14H,1-2H3. The van der Waals surface area contributed by atoms with Gasteiger partial charge < -0.3 is 5.32 Å². The van der Waals surface area contributed by atoms with E-state index in [1.54, 1.807) is 7.05 Å². The van der Waals surface area contributed by atoms with Gasteiger partial charge in [0.25, 0.3) is 0 Å². The Kier molecular flexibility index (Phi) is 2.87. The molecule has 2 rings (SSSR count). The van der Waals surface area contributed by atoms with Gasteiger partial charge in [-0.3, -0.25) is 0 Å². The van der Waals surface area contributed by atoms with Crippen LogP contribution in [0.4, 0.5) is 13.8 Å². The molecule has 0 aliphatic carbocycles. The van der Waals surface area contributed by atoms with Crippen LogP contribution >= 0.6 is 11.3 Å². The topological polar surface area (TPSA) is 24.9 Å². The van der Waals surface area contributed by atoms with E-state index in [1.165, 1.54) is 23.5 Å². The molecular weight excluding hydrogens is 230 g/mol. The van der Waals surface area contributed by atoms with E-state index < -0.39 is 11.6 Å². The third-order valence-electron chi connectivity index (χ3n) is 2.19. The highest BCUT2D eigenvalue weighted by Gasteiger charge is 2.12. The highest BCUT2D eigenvalue weighted by molar-refractivity contribution is 7.19. The molecule has 0 aliphatic heterocycles. The largest absolute Gasteiger partial charge is 0.378 e. The summed E-state index contributed by atoms with van der Waals surface area (Å²) in [5.74, 6) is -1.17. The molecule has 0 atom stereocenters. The molecule has 0 saturated heterocycles. The number of benzene rings is 1. The van der Waals surface area contributed by atoms with E-state index >= 15 is 0 Å². The number of hydrogen-bond donors (Lipinski definition) is 1. The predicted octanol–water partition coefficient (Wildman–Crippen LogP) is 3.44. The zero-order chi connectivity index (χ0) is 11.7. The number of anilines is 1. The SMILES string of the molecule is CNc1sc(-c2ccc(F)cc2F)nc1C. The summed E-state index contributed by atoms with van der Waals surface area (Å²) in [5, 5.41) is 4.42. The van der Waals surface area contributed by atoms with Crippen molar-refractivity contribution in [3.8, 4) is 10.6 Å². The molecule has 1 aromatic carbocycles. The number of thiazole rings is 1. The van der Waals surface area contributed by atoms with Crippen LogP contribution in [0, 0.1) is 18.6 Å². The first-order chi connectivity index (χ1) is 7.61. The van der Waals surface area contributed by atoms with E-state index in [0.717, 1.165) is 16.8 Å². The normalized spacial score (nSPS) is 10.5. The molecule has 0 bridgehead atoms. The molecule has 0 saturated carbocycles. The Bertz CT molecular complexity index is 523. The van der Waals surface area contributed by atoms with E-state index in [9.17, 15) is 8.78 Å². The summed E-state index contributed by atoms with van der Waals surface area (Å²) in [4.78, 5) is 4.24. The van der Waals surface area contributed by atoms with Gasteiger partial charge in [0.2, 0.25) is 0 Å². The number of aryl methyl sites for hydroxylation is 1. The third kappa shape index (κ3) is 1.90. The lowest BCUT2D eigenvalue weighted by molar-refractivity contribution is 0.585. The van der Waals surface area contributed by atoms with Crippen LogP contribution in [0.25, 0.3) is 10.6 Å². The summed E-state index contributed by atoms with van der Waals surface area (Å²) in [6.07, 6.45) is 0. The Morgan fingerprint density at radius 3 is 2.62 bits per heavy atom. The predicted molar refractivity (Wildman–Crippen MR) is 61.7 cm³/mol. The third-order valence-corrected chi connectivity index (χ3v) is 3.39. The van der Waals surface area contributed by atoms with Crippen LogP contribution < -0.4 is 5.32 Å². The van der Waals surface area contributed by atoms with Crippen LogP contribution in [0.3, 0.4) is 0 Å². The minimum absolute atomic E-state index is 0.330. The number of hydrogen-bond acceptors (Lipinski definition) is 3. The quantitative estimate of drug-likeness (QED) is 0.869. The molecule has 16 heavy (non-hydrogen) atoms. The van der Waals surface area contributed by atoms with Crippen molar-refractivity contribution in [2.75, 3.05) is 12.4 Å². The van der Waals surface area contributed by atoms with E-state index in [-0.39, 0.29) is 0 Å². The first-order valence-electron chi connectivity index (χ1n) is 4.72. The minimum Gasteiger partial charge on any atom is -0.378 e. The first kappa shape index (κ1) is 11.0. The van der Waals surface area contributed by atoms with E-state index in [1.807, 2.05) is 6.92 Å². The average Bonchev–Trinajstić information content (AvgIpc) is 2.59. The van der Waals surface area contributed by atoms with Crippen molar-refractivity contribution in [1.29, 1.82) is 0 Å². The van der Waals surface area contributed by atoms with Crippen molar-refractivity contribution in [3.05, 3.63) is 35.5 Å². The summed E-state index contributed by atoms with van der Waals surface area (Å²) in [6.45, 7) is 1.84. The van der Waals surface area contributed by atoms with Crippen molar-refractivity contribution < 1.29 is 8.78 Å². The van der Waals surface area contributed by atoms with Crippen LogP contribution in [0.5, 0.6) is 0 Å². The van der Waals surface area contributed by atoms with Crippen molar-refractivity contribution in [3.63, 3.8) is 0 Å². The Morgan fingerprint density at radius 1 is 1.31 bits per heavy atom. The number of nitrogens with zero attached hydrogens (tertiary/aromatic N) is 1. The van der Waals surface area contributed by atoms with Gasteiger partial charge in [-0.15, -0.1) is 0 Å². The molecule has 1 heterocycles. The fraction of sp³-hybridized carbons (Fsp3) is 0.182. The van der Waals surface area contributed by atoms with E-state index in [2.05, 4.69) is 10.3 Å². The van der Waals surface area contributed by atoms with Crippen molar-refractivity contribution in [2.45, 2.75) is 6.92 Å². The molecule has 0 fully saturated rings.